The predicted molar refractivity (Wildman–Crippen MR) is 309 cm³/mol. The van der Waals surface area contributed by atoms with Crippen molar-refractivity contribution >= 4 is 47.8 Å². The number of ether oxygens (including phenoxy) is 4. The Morgan fingerprint density at radius 2 is 0.926 bits per heavy atom. The van der Waals surface area contributed by atoms with E-state index in [2.05, 4.69) is 44.0 Å². The number of amides is 6. The molecule has 0 saturated heterocycles. The molecular formula is C63H84N6O12. The van der Waals surface area contributed by atoms with E-state index in [4.69, 9.17) is 18.9 Å². The molecular weight excluding hydrogens is 1030 g/mol. The molecule has 1 aliphatic carbocycles. The Morgan fingerprint density at radius 1 is 0.457 bits per heavy atom. The van der Waals surface area contributed by atoms with Crippen molar-refractivity contribution in [3.63, 3.8) is 0 Å². The molecule has 5 rings (SSSR count). The van der Waals surface area contributed by atoms with E-state index < -0.39 is 82.8 Å². The summed E-state index contributed by atoms with van der Waals surface area (Å²) in [6.07, 6.45) is 2.39. The third-order valence-electron chi connectivity index (χ3n) is 12.8. The molecule has 81 heavy (non-hydrogen) atoms. The molecule has 0 fully saturated rings. The van der Waals surface area contributed by atoms with Crippen LogP contribution in [-0.2, 0) is 60.6 Å². The lowest BCUT2D eigenvalue weighted by molar-refractivity contribution is -0.159. The van der Waals surface area contributed by atoms with Crippen molar-refractivity contribution in [2.75, 3.05) is 19.7 Å². The average Bonchev–Trinajstić information content (AvgIpc) is 3.72. The van der Waals surface area contributed by atoms with Crippen LogP contribution in [0.3, 0.4) is 0 Å². The number of esters is 3. The minimum atomic E-state index is -1.22. The van der Waals surface area contributed by atoms with Gasteiger partial charge in [0.05, 0.1) is 0 Å². The summed E-state index contributed by atoms with van der Waals surface area (Å²) in [6.45, 7) is 16.0. The fourth-order valence-corrected chi connectivity index (χ4v) is 9.14. The Hall–Kier alpha value is -7.76. The highest BCUT2D eigenvalue weighted by Crippen LogP contribution is 2.44. The topological polar surface area (TPSA) is 246 Å². The van der Waals surface area contributed by atoms with E-state index in [0.717, 1.165) is 33.4 Å². The fraction of sp³-hybridized carbons (Fsp3) is 0.492. The van der Waals surface area contributed by atoms with Gasteiger partial charge in [0, 0.05) is 44.7 Å². The zero-order valence-electron chi connectivity index (χ0n) is 48.6. The van der Waals surface area contributed by atoms with E-state index in [1.54, 1.807) is 62.3 Å². The fourth-order valence-electron chi connectivity index (χ4n) is 9.14. The average molecular weight is 1120 g/mol. The van der Waals surface area contributed by atoms with Crippen molar-refractivity contribution in [1.82, 2.24) is 31.9 Å². The minimum Gasteiger partial charge on any atom is -0.460 e. The number of fused-ring (bicyclic) bond motifs is 3. The Bertz CT molecular complexity index is 2690. The van der Waals surface area contributed by atoms with Gasteiger partial charge in [-0.25, -0.2) is 19.2 Å². The molecule has 4 aromatic rings. The van der Waals surface area contributed by atoms with Gasteiger partial charge in [-0.2, -0.15) is 0 Å². The van der Waals surface area contributed by atoms with Crippen molar-refractivity contribution in [1.29, 1.82) is 0 Å². The molecule has 4 aromatic carbocycles. The van der Waals surface area contributed by atoms with Crippen LogP contribution in [-0.4, -0.2) is 108 Å². The quantitative estimate of drug-likeness (QED) is 0.0178. The number of unbranched alkanes of at least 4 members (excludes halogenated alkanes) is 3. The summed E-state index contributed by atoms with van der Waals surface area (Å²) < 4.78 is 22.3. The normalized spacial score (nSPS) is 13.6. The van der Waals surface area contributed by atoms with Crippen molar-refractivity contribution < 1.29 is 57.3 Å². The van der Waals surface area contributed by atoms with E-state index in [9.17, 15) is 38.4 Å². The molecule has 0 spiro atoms. The maximum atomic E-state index is 14.2. The lowest BCUT2D eigenvalue weighted by atomic mass is 9.98. The van der Waals surface area contributed by atoms with Gasteiger partial charge in [-0.1, -0.05) is 116 Å². The molecule has 18 heteroatoms. The number of benzene rings is 4. The van der Waals surface area contributed by atoms with Gasteiger partial charge in [-0.3, -0.25) is 19.2 Å². The molecule has 0 radical (unpaired) electrons. The lowest BCUT2D eigenvalue weighted by Crippen LogP contribution is -2.55. The van der Waals surface area contributed by atoms with Crippen LogP contribution in [0.15, 0.2) is 109 Å². The molecule has 0 aliphatic heterocycles. The molecule has 0 bridgehead atoms. The highest BCUT2D eigenvalue weighted by Gasteiger charge is 2.34. The summed E-state index contributed by atoms with van der Waals surface area (Å²) in [5.41, 5.74) is 3.47. The Morgan fingerprint density at radius 3 is 1.46 bits per heavy atom. The summed E-state index contributed by atoms with van der Waals surface area (Å²) in [5, 5.41) is 16.8. The monoisotopic (exact) mass is 1120 g/mol. The second-order valence-corrected chi connectivity index (χ2v) is 23.3. The van der Waals surface area contributed by atoms with Gasteiger partial charge in [-0.05, 0) is 134 Å². The third-order valence-corrected chi connectivity index (χ3v) is 12.8. The van der Waals surface area contributed by atoms with Crippen LogP contribution >= 0.6 is 0 Å². The summed E-state index contributed by atoms with van der Waals surface area (Å²) in [6, 6.07) is 29.5. The number of hydrogen-bond acceptors (Lipinski definition) is 12. The number of carbonyl (C=O) groups excluding carboxylic acids is 8. The van der Waals surface area contributed by atoms with Gasteiger partial charge in [0.15, 0.2) is 0 Å². The van der Waals surface area contributed by atoms with Gasteiger partial charge in [0.25, 0.3) is 0 Å². The van der Waals surface area contributed by atoms with Crippen LogP contribution in [0, 0.1) is 0 Å². The van der Waals surface area contributed by atoms with E-state index >= 15 is 0 Å². The largest absolute Gasteiger partial charge is 0.460 e. The Labute approximate surface area is 477 Å². The maximum absolute atomic E-state index is 14.2. The molecule has 6 amide bonds. The highest BCUT2D eigenvalue weighted by molar-refractivity contribution is 5.92. The molecule has 0 heterocycles. The van der Waals surface area contributed by atoms with E-state index in [0.29, 0.717) is 45.2 Å². The second-order valence-electron chi connectivity index (χ2n) is 23.3. The standard InChI is InChI=1S/C63H84N6O12/c1-61(2,3)79-54(71)36-35-50(58(75)81-63(7,8)9)68-59(76)67-49(57(74)80-62(4,5)6)33-22-24-37-64-53(70)34-17-12-23-38-65-55(72)51(39-42-25-13-10-14-26-42)66-56(73)52(40-43-27-15-11-16-28-43)69-60(77)78-41-48-46-31-20-18-29-44(46)45-30-19-21-32-47(45)48/h10-11,13-16,18-21,25-32,48-52H,12,17,22-24,33-41H2,1-9H3,(H,64,70)(H,65,72)(H,66,73)(H,69,77)(H2,67,68,76)/t49?,50-,51+,52?/m0/s1. The van der Waals surface area contributed by atoms with Crippen LogP contribution in [0.25, 0.3) is 11.1 Å². The summed E-state index contributed by atoms with van der Waals surface area (Å²) >= 11 is 0. The molecule has 2 unspecified atom stereocenters. The first kappa shape index (κ1) is 64.1. The van der Waals surface area contributed by atoms with Gasteiger partial charge < -0.3 is 50.8 Å². The summed E-state index contributed by atoms with van der Waals surface area (Å²) in [4.78, 5) is 107. The number of hydrogen-bond donors (Lipinski definition) is 6. The number of rotatable bonds is 28. The molecule has 6 N–H and O–H groups in total. The minimum absolute atomic E-state index is 0.0663. The smallest absolute Gasteiger partial charge is 0.407 e. The molecule has 438 valence electrons. The molecule has 0 aromatic heterocycles. The number of alkyl carbamates (subject to hydrolysis) is 1. The van der Waals surface area contributed by atoms with Gasteiger partial charge in [0.1, 0.15) is 47.6 Å². The van der Waals surface area contributed by atoms with E-state index in [-0.39, 0.29) is 57.0 Å². The predicted octanol–water partition coefficient (Wildman–Crippen LogP) is 8.67. The number of carbonyl (C=O) groups is 8. The first-order chi connectivity index (χ1) is 38.3. The van der Waals surface area contributed by atoms with Crippen LogP contribution < -0.4 is 31.9 Å². The van der Waals surface area contributed by atoms with Crippen molar-refractivity contribution in [2.24, 2.45) is 0 Å². The Balaban J connectivity index is 1.07. The van der Waals surface area contributed by atoms with Gasteiger partial charge >= 0.3 is 30.0 Å². The van der Waals surface area contributed by atoms with Crippen molar-refractivity contribution in [2.45, 2.75) is 180 Å². The molecule has 1 aliphatic rings. The van der Waals surface area contributed by atoms with Gasteiger partial charge in [0.2, 0.25) is 17.7 Å². The first-order valence-electron chi connectivity index (χ1n) is 28.1. The first-order valence-corrected chi connectivity index (χ1v) is 28.1. The lowest BCUT2D eigenvalue weighted by Gasteiger charge is -2.27. The maximum Gasteiger partial charge on any atom is 0.407 e. The summed E-state index contributed by atoms with van der Waals surface area (Å²) in [7, 11) is 0. The molecule has 4 atom stereocenters. The van der Waals surface area contributed by atoms with Crippen LogP contribution in [0.1, 0.15) is 148 Å². The number of nitrogens with one attached hydrogen (secondary N) is 6. The second kappa shape index (κ2) is 30.7. The van der Waals surface area contributed by atoms with E-state index in [1.807, 2.05) is 97.1 Å². The Kier molecular flexibility index (Phi) is 24.3. The molecule has 18 nitrogen and oxygen atoms in total. The van der Waals surface area contributed by atoms with Crippen LogP contribution in [0.5, 0.6) is 0 Å². The molecule has 0 saturated carbocycles. The number of urea groups is 1. The SMILES string of the molecule is CC(C)(C)OC(=O)CC[C@H](NC(=O)NC(CCCCNC(=O)CCCCCNC(=O)[C@@H](Cc1ccccc1)NC(=O)C(Cc1ccccc1)NC(=O)OCC1c2ccccc2-c2ccccc21)C(=O)OC(C)(C)C)C(=O)OC(C)(C)C. The van der Waals surface area contributed by atoms with Crippen molar-refractivity contribution in [3.05, 3.63) is 131 Å². The van der Waals surface area contributed by atoms with Crippen LogP contribution in [0.2, 0.25) is 0 Å². The highest BCUT2D eigenvalue weighted by atomic mass is 16.6. The zero-order chi connectivity index (χ0) is 59.2. The van der Waals surface area contributed by atoms with Gasteiger partial charge in [-0.15, -0.1) is 0 Å². The van der Waals surface area contributed by atoms with E-state index in [1.165, 1.54) is 0 Å². The third kappa shape index (κ3) is 23.1. The van der Waals surface area contributed by atoms with Crippen molar-refractivity contribution in [3.8, 4) is 11.1 Å². The zero-order valence-corrected chi connectivity index (χ0v) is 48.6. The summed E-state index contributed by atoms with van der Waals surface area (Å²) in [5.74, 6) is -3.26. The van der Waals surface area contributed by atoms with Crippen LogP contribution in [0.4, 0.5) is 9.59 Å².